The molecule has 0 aromatic heterocycles. The molecule has 0 amide bonds. The zero-order valence-electron chi connectivity index (χ0n) is 14.2. The molecule has 128 valence electrons. The summed E-state index contributed by atoms with van der Waals surface area (Å²) >= 11 is 0. The Morgan fingerprint density at radius 3 is 1.52 bits per heavy atom. The van der Waals surface area contributed by atoms with Crippen molar-refractivity contribution in [2.75, 3.05) is 47.2 Å². The first kappa shape index (κ1) is 20.3. The van der Waals surface area contributed by atoms with Crippen molar-refractivity contribution in [2.45, 2.75) is 13.8 Å². The molecular formula is C13H26N10. The summed E-state index contributed by atoms with van der Waals surface area (Å²) in [7, 11) is 3.23. The molecule has 10 heteroatoms. The lowest BCUT2D eigenvalue weighted by molar-refractivity contribution is 0.812. The molecule has 0 aliphatic heterocycles. The van der Waals surface area contributed by atoms with Gasteiger partial charge in [-0.15, -0.1) is 0 Å². The minimum absolute atomic E-state index is 0.252. The number of nitrogens with zero attached hydrogens (tertiary/aromatic N) is 6. The molecule has 10 nitrogen and oxygen atoms in total. The summed E-state index contributed by atoms with van der Waals surface area (Å²) in [6.45, 7) is 6.38. The zero-order valence-corrected chi connectivity index (χ0v) is 14.2. The molecule has 0 atom stereocenters. The van der Waals surface area contributed by atoms with E-state index in [1.807, 2.05) is 13.8 Å². The van der Waals surface area contributed by atoms with Crippen LogP contribution in [-0.2, 0) is 0 Å². The van der Waals surface area contributed by atoms with Gasteiger partial charge in [0.15, 0.2) is 11.9 Å². The summed E-state index contributed by atoms with van der Waals surface area (Å²) in [6.07, 6.45) is 0. The quantitative estimate of drug-likeness (QED) is 0.358. The van der Waals surface area contributed by atoms with Gasteiger partial charge in [-0.25, -0.2) is 30.0 Å². The van der Waals surface area contributed by atoms with Crippen LogP contribution in [-0.4, -0.2) is 71.1 Å². The van der Waals surface area contributed by atoms with Crippen LogP contribution >= 0.6 is 0 Å². The Morgan fingerprint density at radius 2 is 1.17 bits per heavy atom. The van der Waals surface area contributed by atoms with Gasteiger partial charge in [-0.1, -0.05) is 0 Å². The van der Waals surface area contributed by atoms with Crippen molar-refractivity contribution in [1.82, 2.24) is 21.3 Å². The maximum atomic E-state index is 4.32. The van der Waals surface area contributed by atoms with Crippen molar-refractivity contribution in [3.63, 3.8) is 0 Å². The van der Waals surface area contributed by atoms with Crippen molar-refractivity contribution in [1.29, 1.82) is 0 Å². The Balaban J connectivity index is 4.57. The topological polar surface area (TPSA) is 122 Å². The molecule has 23 heavy (non-hydrogen) atoms. The molecule has 0 aromatic rings. The second-order valence-corrected chi connectivity index (χ2v) is 3.85. The molecule has 0 fully saturated rings. The van der Waals surface area contributed by atoms with Crippen LogP contribution in [0, 0.1) is 0 Å². The fraction of sp³-hybridized carbons (Fsp3) is 0.692. The highest BCUT2D eigenvalue weighted by molar-refractivity contribution is 5.81. The predicted octanol–water partition coefficient (Wildman–Crippen LogP) is -0.423. The number of nitrogens with one attached hydrogen (secondary N) is 4. The molecular weight excluding hydrogens is 296 g/mol. The fourth-order valence-electron chi connectivity index (χ4n) is 1.30. The highest BCUT2D eigenvalue weighted by Crippen LogP contribution is 1.78. The van der Waals surface area contributed by atoms with Crippen molar-refractivity contribution >= 4 is 23.9 Å². The second-order valence-electron chi connectivity index (χ2n) is 3.85. The van der Waals surface area contributed by atoms with Crippen molar-refractivity contribution in [3.05, 3.63) is 0 Å². The van der Waals surface area contributed by atoms with Gasteiger partial charge in [0.05, 0.1) is 12.0 Å². The molecule has 0 saturated heterocycles. The van der Waals surface area contributed by atoms with Gasteiger partial charge in [0.25, 0.3) is 0 Å². The van der Waals surface area contributed by atoms with E-state index in [2.05, 4.69) is 63.2 Å². The number of rotatable bonds is 8. The van der Waals surface area contributed by atoms with Gasteiger partial charge in [0.2, 0.25) is 0 Å². The molecule has 0 aliphatic rings. The Morgan fingerprint density at radius 1 is 0.739 bits per heavy atom. The molecule has 0 radical (unpaired) electrons. The summed E-state index contributed by atoms with van der Waals surface area (Å²) in [6, 6.07) is 5.01. The predicted molar refractivity (Wildman–Crippen MR) is 94.7 cm³/mol. The molecule has 0 unspecified atom stereocenters. The Kier molecular flexibility index (Phi) is 13.8. The lowest BCUT2D eigenvalue weighted by Crippen LogP contribution is -2.38. The smallest absolute Gasteiger partial charge is 0.194 e. The summed E-state index contributed by atoms with van der Waals surface area (Å²) in [5.41, 5.74) is 0. The third-order valence-corrected chi connectivity index (χ3v) is 2.14. The molecule has 0 heterocycles. The van der Waals surface area contributed by atoms with E-state index in [4.69, 9.17) is 0 Å². The van der Waals surface area contributed by atoms with E-state index in [0.717, 1.165) is 13.1 Å². The van der Waals surface area contributed by atoms with Gasteiger partial charge >= 0.3 is 0 Å². The number of guanidine groups is 2. The number of hydrogen-bond donors (Lipinski definition) is 4. The Hall–Kier alpha value is -2.70. The van der Waals surface area contributed by atoms with E-state index in [1.54, 1.807) is 14.1 Å². The third kappa shape index (κ3) is 12.7. The Labute approximate surface area is 137 Å². The van der Waals surface area contributed by atoms with Gasteiger partial charge in [-0.2, -0.15) is 0 Å². The molecule has 0 spiro atoms. The lowest BCUT2D eigenvalue weighted by Gasteiger charge is -2.09. The summed E-state index contributed by atoms with van der Waals surface area (Å²) in [5, 5.41) is 12.2. The maximum Gasteiger partial charge on any atom is 0.194 e. The summed E-state index contributed by atoms with van der Waals surface area (Å²) in [5.74, 6) is 1.23. The van der Waals surface area contributed by atoms with Gasteiger partial charge < -0.3 is 21.3 Å². The number of hydrogen-bond acceptors (Lipinski definition) is 6. The molecule has 0 rings (SSSR count). The van der Waals surface area contributed by atoms with Crippen LogP contribution in [0.3, 0.4) is 0 Å². The highest BCUT2D eigenvalue weighted by Gasteiger charge is 1.96. The highest BCUT2D eigenvalue weighted by atomic mass is 15.2. The monoisotopic (exact) mass is 322 g/mol. The molecule has 0 saturated carbocycles. The maximum absolute atomic E-state index is 4.32. The number of aliphatic imine (C=N–C) groups is 6. The lowest BCUT2D eigenvalue weighted by atomic mass is 10.7. The molecule has 4 N–H and O–H groups in total. The first-order valence-electron chi connectivity index (χ1n) is 7.33. The standard InChI is InChI=1S/C13H26N10/c1-5-18-12(20-9-16-7-14-3)22-11-23-13(19-6-2)21-10-17-8-15-4/h5-6,9-11H2,1-4H3,(H2,18,20,22)(H2,19,21,23). The van der Waals surface area contributed by atoms with Crippen LogP contribution in [0.4, 0.5) is 0 Å². The Bertz CT molecular complexity index is 437. The van der Waals surface area contributed by atoms with Gasteiger partial charge in [0.1, 0.15) is 20.0 Å². The first-order chi connectivity index (χ1) is 11.3. The van der Waals surface area contributed by atoms with Gasteiger partial charge in [-0.05, 0) is 13.8 Å². The fourth-order valence-corrected chi connectivity index (χ4v) is 1.30. The van der Waals surface area contributed by atoms with Crippen LogP contribution in [0.1, 0.15) is 13.8 Å². The normalized spacial score (nSPS) is 10.8. The van der Waals surface area contributed by atoms with E-state index >= 15 is 0 Å². The molecule has 0 bridgehead atoms. The van der Waals surface area contributed by atoms with Crippen LogP contribution in [0.15, 0.2) is 30.0 Å². The van der Waals surface area contributed by atoms with Crippen molar-refractivity contribution in [3.8, 4) is 0 Å². The van der Waals surface area contributed by atoms with Crippen LogP contribution in [0.5, 0.6) is 0 Å². The second kappa shape index (κ2) is 15.7. The minimum Gasteiger partial charge on any atom is -0.357 e. The third-order valence-electron chi connectivity index (χ3n) is 2.14. The summed E-state index contributed by atoms with van der Waals surface area (Å²) < 4.78 is 0. The van der Waals surface area contributed by atoms with Gasteiger partial charge in [-0.3, -0.25) is 0 Å². The van der Waals surface area contributed by atoms with Crippen molar-refractivity contribution < 1.29 is 0 Å². The van der Waals surface area contributed by atoms with Crippen LogP contribution < -0.4 is 21.3 Å². The molecule has 0 aromatic carbocycles. The van der Waals surface area contributed by atoms with Crippen LogP contribution in [0.25, 0.3) is 0 Å². The average molecular weight is 322 g/mol. The van der Waals surface area contributed by atoms with E-state index in [0.29, 0.717) is 25.3 Å². The van der Waals surface area contributed by atoms with E-state index in [9.17, 15) is 0 Å². The van der Waals surface area contributed by atoms with E-state index in [-0.39, 0.29) is 6.67 Å². The minimum atomic E-state index is 0.252. The average Bonchev–Trinajstić information content (AvgIpc) is 2.55. The zero-order chi connectivity index (χ0) is 17.2. The summed E-state index contributed by atoms with van der Waals surface area (Å²) in [4.78, 5) is 23.8. The first-order valence-corrected chi connectivity index (χ1v) is 7.33. The van der Waals surface area contributed by atoms with Crippen molar-refractivity contribution in [2.24, 2.45) is 30.0 Å². The SMILES string of the molecule is CCN/C(=N/C/N=C(\NCC)NCN=C=NC)NCN=C=NC. The largest absolute Gasteiger partial charge is 0.357 e. The van der Waals surface area contributed by atoms with E-state index < -0.39 is 0 Å². The van der Waals surface area contributed by atoms with E-state index in [1.165, 1.54) is 0 Å². The molecule has 0 aliphatic carbocycles. The van der Waals surface area contributed by atoms with Gasteiger partial charge in [0, 0.05) is 27.2 Å². The van der Waals surface area contributed by atoms with Crippen LogP contribution in [0.2, 0.25) is 0 Å².